The number of carbonyl (C=O) groups excluding carboxylic acids is 1. The number of benzene rings is 1. The van der Waals surface area contributed by atoms with Crippen molar-refractivity contribution < 1.29 is 9.53 Å². The smallest absolute Gasteiger partial charge is 0.343 e. The Kier molecular flexibility index (Phi) is 3.85. The Morgan fingerprint density at radius 1 is 1.32 bits per heavy atom. The minimum atomic E-state index is -0.646. The number of halogens is 1. The number of aromatic nitrogens is 1. The van der Waals surface area contributed by atoms with Gasteiger partial charge in [-0.05, 0) is 46.6 Å². The zero-order valence-corrected chi connectivity index (χ0v) is 12.1. The van der Waals surface area contributed by atoms with E-state index in [0.29, 0.717) is 10.2 Å². The summed E-state index contributed by atoms with van der Waals surface area (Å²) in [6.07, 6.45) is 1.63. The van der Waals surface area contributed by atoms with Crippen molar-refractivity contribution in [3.8, 4) is 5.69 Å². The normalized spacial score (nSPS) is 10.3. The summed E-state index contributed by atoms with van der Waals surface area (Å²) >= 11 is 3.29. The van der Waals surface area contributed by atoms with Gasteiger partial charge in [-0.1, -0.05) is 12.1 Å². The van der Waals surface area contributed by atoms with Crippen molar-refractivity contribution in [2.24, 2.45) is 0 Å². The molecule has 0 radical (unpaired) electrons. The summed E-state index contributed by atoms with van der Waals surface area (Å²) in [6.45, 7) is 1.94. The molecule has 0 spiro atoms. The Morgan fingerprint density at radius 2 is 2.05 bits per heavy atom. The molecular formula is C14H12BrNO3. The van der Waals surface area contributed by atoms with E-state index in [4.69, 9.17) is 0 Å². The number of hydrogen-bond donors (Lipinski definition) is 0. The van der Waals surface area contributed by atoms with Gasteiger partial charge in [-0.15, -0.1) is 0 Å². The number of esters is 1. The second-order valence-corrected chi connectivity index (χ2v) is 4.99. The van der Waals surface area contributed by atoms with Crippen LogP contribution in [0.4, 0.5) is 0 Å². The number of rotatable bonds is 2. The zero-order chi connectivity index (χ0) is 14.0. The van der Waals surface area contributed by atoms with E-state index in [9.17, 15) is 9.59 Å². The summed E-state index contributed by atoms with van der Waals surface area (Å²) in [5.74, 6) is -0.646. The molecule has 2 rings (SSSR count). The molecule has 1 aromatic carbocycles. The van der Waals surface area contributed by atoms with Crippen molar-refractivity contribution >= 4 is 21.9 Å². The predicted octanol–water partition coefficient (Wildman–Crippen LogP) is 2.70. The van der Waals surface area contributed by atoms with E-state index >= 15 is 0 Å². The molecule has 0 N–H and O–H groups in total. The number of ether oxygens (including phenoxy) is 1. The van der Waals surface area contributed by atoms with E-state index in [1.807, 2.05) is 31.2 Å². The number of aryl methyl sites for hydroxylation is 1. The first-order chi connectivity index (χ1) is 9.02. The molecule has 0 unspecified atom stereocenters. The first-order valence-corrected chi connectivity index (χ1v) is 6.40. The van der Waals surface area contributed by atoms with Crippen LogP contribution in [0.3, 0.4) is 0 Å². The summed E-state index contributed by atoms with van der Waals surface area (Å²) in [6, 6.07) is 8.93. The highest BCUT2D eigenvalue weighted by Crippen LogP contribution is 2.14. The Morgan fingerprint density at radius 3 is 2.68 bits per heavy atom. The van der Waals surface area contributed by atoms with Crippen LogP contribution in [0, 0.1) is 6.92 Å². The summed E-state index contributed by atoms with van der Waals surface area (Å²) < 4.78 is 6.67. The molecule has 0 atom stereocenters. The quantitative estimate of drug-likeness (QED) is 0.799. The fraction of sp³-hybridized carbons (Fsp3) is 0.143. The van der Waals surface area contributed by atoms with E-state index < -0.39 is 11.5 Å². The molecule has 4 nitrogen and oxygen atoms in total. The molecule has 0 bridgehead atoms. The van der Waals surface area contributed by atoms with Gasteiger partial charge in [0.05, 0.1) is 7.11 Å². The lowest BCUT2D eigenvalue weighted by Crippen LogP contribution is -2.25. The van der Waals surface area contributed by atoms with Crippen LogP contribution in [0.25, 0.3) is 5.69 Å². The van der Waals surface area contributed by atoms with Crippen LogP contribution in [0.2, 0.25) is 0 Å². The van der Waals surface area contributed by atoms with Gasteiger partial charge in [-0.25, -0.2) is 4.79 Å². The van der Waals surface area contributed by atoms with E-state index in [1.54, 1.807) is 6.20 Å². The lowest BCUT2D eigenvalue weighted by molar-refractivity contribution is 0.0598. The Labute approximate surface area is 118 Å². The molecule has 19 heavy (non-hydrogen) atoms. The molecule has 2 aromatic rings. The first-order valence-electron chi connectivity index (χ1n) is 5.60. The summed E-state index contributed by atoms with van der Waals surface area (Å²) in [4.78, 5) is 23.9. The fourth-order valence-electron chi connectivity index (χ4n) is 1.77. The van der Waals surface area contributed by atoms with Gasteiger partial charge >= 0.3 is 5.97 Å². The van der Waals surface area contributed by atoms with E-state index in [1.165, 1.54) is 17.7 Å². The van der Waals surface area contributed by atoms with E-state index in [0.717, 1.165) is 5.56 Å². The number of pyridine rings is 1. The molecule has 0 aliphatic carbocycles. The van der Waals surface area contributed by atoms with Crippen LogP contribution in [0.5, 0.6) is 0 Å². The molecule has 0 aliphatic heterocycles. The molecule has 5 heteroatoms. The maximum atomic E-state index is 12.3. The molecular weight excluding hydrogens is 310 g/mol. The highest BCUT2D eigenvalue weighted by Gasteiger charge is 2.14. The van der Waals surface area contributed by atoms with Gasteiger partial charge in [0, 0.05) is 16.4 Å². The average molecular weight is 322 g/mol. The Balaban J connectivity index is 2.68. The highest BCUT2D eigenvalue weighted by molar-refractivity contribution is 9.10. The summed E-state index contributed by atoms with van der Waals surface area (Å²) in [5.41, 5.74) is 1.33. The molecule has 0 saturated heterocycles. The molecule has 0 amide bonds. The number of carbonyl (C=O) groups is 1. The maximum Gasteiger partial charge on any atom is 0.343 e. The van der Waals surface area contributed by atoms with Gasteiger partial charge in [-0.3, -0.25) is 9.36 Å². The maximum absolute atomic E-state index is 12.3. The molecule has 0 saturated carbocycles. The third-order valence-electron chi connectivity index (χ3n) is 2.67. The third kappa shape index (κ3) is 2.76. The number of nitrogens with zero attached hydrogens (tertiary/aromatic N) is 1. The van der Waals surface area contributed by atoms with Crippen molar-refractivity contribution in [3.63, 3.8) is 0 Å². The minimum Gasteiger partial charge on any atom is -0.465 e. The third-order valence-corrected chi connectivity index (χ3v) is 3.10. The van der Waals surface area contributed by atoms with Crippen LogP contribution in [-0.2, 0) is 4.74 Å². The number of hydrogen-bond acceptors (Lipinski definition) is 3. The Hall–Kier alpha value is -1.88. The van der Waals surface area contributed by atoms with E-state index in [-0.39, 0.29) is 5.56 Å². The van der Waals surface area contributed by atoms with Gasteiger partial charge in [0.2, 0.25) is 0 Å². The largest absolute Gasteiger partial charge is 0.465 e. The monoisotopic (exact) mass is 321 g/mol. The molecule has 0 fully saturated rings. The lowest BCUT2D eigenvalue weighted by Gasteiger charge is -2.09. The summed E-state index contributed by atoms with van der Waals surface area (Å²) in [7, 11) is 1.25. The van der Waals surface area contributed by atoms with Crippen LogP contribution in [0.15, 0.2) is 45.8 Å². The van der Waals surface area contributed by atoms with E-state index in [2.05, 4.69) is 20.7 Å². The van der Waals surface area contributed by atoms with Crippen LogP contribution < -0.4 is 5.56 Å². The summed E-state index contributed by atoms with van der Waals surface area (Å²) in [5, 5.41) is 0. The predicted molar refractivity (Wildman–Crippen MR) is 75.8 cm³/mol. The minimum absolute atomic E-state index is 0.00150. The molecule has 1 aromatic heterocycles. The van der Waals surface area contributed by atoms with Crippen LogP contribution in [0.1, 0.15) is 15.9 Å². The second-order valence-electron chi connectivity index (χ2n) is 4.08. The Bertz CT molecular complexity index is 691. The van der Waals surface area contributed by atoms with Gasteiger partial charge in [0.25, 0.3) is 5.56 Å². The van der Waals surface area contributed by atoms with Crippen molar-refractivity contribution in [2.45, 2.75) is 6.92 Å². The zero-order valence-electron chi connectivity index (χ0n) is 10.5. The lowest BCUT2D eigenvalue weighted by atomic mass is 10.2. The van der Waals surface area contributed by atoms with Gasteiger partial charge in [-0.2, -0.15) is 0 Å². The van der Waals surface area contributed by atoms with Crippen molar-refractivity contribution in [2.75, 3.05) is 7.11 Å². The van der Waals surface area contributed by atoms with Crippen LogP contribution >= 0.6 is 15.9 Å². The SMILES string of the molecule is COC(=O)c1cc(Br)cn(-c2cccc(C)c2)c1=O. The molecule has 98 valence electrons. The first kappa shape index (κ1) is 13.5. The fourth-order valence-corrected chi connectivity index (χ4v) is 2.21. The highest BCUT2D eigenvalue weighted by atomic mass is 79.9. The molecule has 0 aliphatic rings. The number of methoxy groups -OCH3 is 1. The topological polar surface area (TPSA) is 48.3 Å². The standard InChI is InChI=1S/C14H12BrNO3/c1-9-4-3-5-11(6-9)16-8-10(15)7-12(13(16)17)14(18)19-2/h3-8H,1-2H3. The second kappa shape index (κ2) is 5.40. The van der Waals surface area contributed by atoms with Gasteiger partial charge in [0.1, 0.15) is 5.56 Å². The molecule has 1 heterocycles. The van der Waals surface area contributed by atoms with Crippen molar-refractivity contribution in [1.82, 2.24) is 4.57 Å². The van der Waals surface area contributed by atoms with Gasteiger partial charge in [0.15, 0.2) is 0 Å². The van der Waals surface area contributed by atoms with Crippen molar-refractivity contribution in [1.29, 1.82) is 0 Å². The van der Waals surface area contributed by atoms with Crippen molar-refractivity contribution in [3.05, 3.63) is 62.5 Å². The van der Waals surface area contributed by atoms with Crippen LogP contribution in [-0.4, -0.2) is 17.6 Å². The average Bonchev–Trinajstić information content (AvgIpc) is 2.40. The van der Waals surface area contributed by atoms with Gasteiger partial charge < -0.3 is 4.74 Å².